The van der Waals surface area contributed by atoms with E-state index in [1.54, 1.807) is 0 Å². The lowest BCUT2D eigenvalue weighted by atomic mass is 9.99. The van der Waals surface area contributed by atoms with Crippen molar-refractivity contribution < 1.29 is 4.42 Å². The maximum absolute atomic E-state index is 5.86. The van der Waals surface area contributed by atoms with Crippen LogP contribution in [0.15, 0.2) is 53.1 Å². The molecular weight excluding hydrogens is 260 g/mol. The first kappa shape index (κ1) is 13.8. The van der Waals surface area contributed by atoms with Crippen molar-refractivity contribution in [2.45, 2.75) is 26.3 Å². The second-order valence-electron chi connectivity index (χ2n) is 5.25. The molecule has 0 amide bonds. The smallest absolute Gasteiger partial charge is 0.125 e. The number of nitrogens with one attached hydrogen (secondary N) is 1. The van der Waals surface area contributed by atoms with Crippen LogP contribution >= 0.6 is 0 Å². The molecule has 0 spiro atoms. The van der Waals surface area contributed by atoms with Gasteiger partial charge in [-0.25, -0.2) is 0 Å². The third-order valence-corrected chi connectivity index (χ3v) is 3.63. The Bertz CT molecular complexity index is 727. The van der Waals surface area contributed by atoms with Gasteiger partial charge < -0.3 is 9.73 Å². The highest BCUT2D eigenvalue weighted by Gasteiger charge is 2.19. The standard InChI is InChI=1S/C18H20N2O/c1-3-11-20-18(17-10-9-13(2)21-17)15-6-4-8-16-14(15)7-5-12-19-16/h4-10,12,18,20H,3,11H2,1-2H3. The number of pyridine rings is 1. The van der Waals surface area contributed by atoms with Crippen molar-refractivity contribution in [2.24, 2.45) is 0 Å². The Morgan fingerprint density at radius 2 is 2.05 bits per heavy atom. The van der Waals surface area contributed by atoms with Crippen LogP contribution in [0.1, 0.15) is 36.5 Å². The molecule has 3 rings (SSSR count). The number of nitrogens with zero attached hydrogens (tertiary/aromatic N) is 1. The van der Waals surface area contributed by atoms with E-state index in [2.05, 4.69) is 41.5 Å². The number of hydrogen-bond acceptors (Lipinski definition) is 3. The van der Waals surface area contributed by atoms with Gasteiger partial charge >= 0.3 is 0 Å². The summed E-state index contributed by atoms with van der Waals surface area (Å²) in [6, 6.07) is 14.5. The van der Waals surface area contributed by atoms with E-state index in [1.165, 1.54) is 10.9 Å². The monoisotopic (exact) mass is 280 g/mol. The van der Waals surface area contributed by atoms with E-state index in [0.29, 0.717) is 0 Å². The summed E-state index contributed by atoms with van der Waals surface area (Å²) in [4.78, 5) is 4.45. The van der Waals surface area contributed by atoms with Gasteiger partial charge in [0.15, 0.2) is 0 Å². The van der Waals surface area contributed by atoms with Gasteiger partial charge in [-0.1, -0.05) is 25.1 Å². The highest BCUT2D eigenvalue weighted by molar-refractivity contribution is 5.82. The molecule has 0 aliphatic heterocycles. The van der Waals surface area contributed by atoms with Gasteiger partial charge in [-0.15, -0.1) is 0 Å². The summed E-state index contributed by atoms with van der Waals surface area (Å²) in [5.41, 5.74) is 2.23. The SMILES string of the molecule is CCCNC(c1ccc(C)o1)c1cccc2ncccc12. The van der Waals surface area contributed by atoms with Crippen molar-refractivity contribution in [3.8, 4) is 0 Å². The first-order chi connectivity index (χ1) is 10.3. The van der Waals surface area contributed by atoms with E-state index in [4.69, 9.17) is 4.42 Å². The Balaban J connectivity index is 2.09. The van der Waals surface area contributed by atoms with Crippen molar-refractivity contribution in [3.05, 3.63) is 65.7 Å². The van der Waals surface area contributed by atoms with Crippen molar-refractivity contribution >= 4 is 10.9 Å². The molecule has 0 fully saturated rings. The first-order valence-electron chi connectivity index (χ1n) is 7.43. The molecule has 1 aromatic carbocycles. The summed E-state index contributed by atoms with van der Waals surface area (Å²) in [6.07, 6.45) is 2.91. The fraction of sp³-hybridized carbons (Fsp3) is 0.278. The van der Waals surface area contributed by atoms with Crippen molar-refractivity contribution in [1.82, 2.24) is 10.3 Å². The lowest BCUT2D eigenvalue weighted by molar-refractivity contribution is 0.431. The van der Waals surface area contributed by atoms with Crippen LogP contribution in [-0.2, 0) is 0 Å². The van der Waals surface area contributed by atoms with Crippen molar-refractivity contribution in [2.75, 3.05) is 6.54 Å². The summed E-state index contributed by atoms with van der Waals surface area (Å²) in [5, 5.41) is 4.76. The van der Waals surface area contributed by atoms with Crippen molar-refractivity contribution in [1.29, 1.82) is 0 Å². The van der Waals surface area contributed by atoms with Gasteiger partial charge in [-0.3, -0.25) is 4.98 Å². The van der Waals surface area contributed by atoms with E-state index in [9.17, 15) is 0 Å². The fourth-order valence-corrected chi connectivity index (χ4v) is 2.64. The number of aromatic nitrogens is 1. The normalized spacial score (nSPS) is 12.7. The van der Waals surface area contributed by atoms with E-state index < -0.39 is 0 Å². The van der Waals surface area contributed by atoms with E-state index in [-0.39, 0.29) is 6.04 Å². The molecule has 108 valence electrons. The van der Waals surface area contributed by atoms with Gasteiger partial charge in [-0.2, -0.15) is 0 Å². The number of hydrogen-bond donors (Lipinski definition) is 1. The number of furan rings is 1. The molecule has 3 heteroatoms. The fourth-order valence-electron chi connectivity index (χ4n) is 2.64. The van der Waals surface area contributed by atoms with E-state index >= 15 is 0 Å². The second kappa shape index (κ2) is 6.10. The first-order valence-corrected chi connectivity index (χ1v) is 7.43. The molecule has 3 nitrogen and oxygen atoms in total. The van der Waals surface area contributed by atoms with Crippen LogP contribution in [0.5, 0.6) is 0 Å². The van der Waals surface area contributed by atoms with Gasteiger partial charge in [0.05, 0.1) is 11.6 Å². The highest BCUT2D eigenvalue weighted by Crippen LogP contribution is 2.29. The lowest BCUT2D eigenvalue weighted by Crippen LogP contribution is -2.23. The zero-order valence-corrected chi connectivity index (χ0v) is 12.5. The summed E-state index contributed by atoms with van der Waals surface area (Å²) < 4.78 is 5.86. The average Bonchev–Trinajstić information content (AvgIpc) is 2.94. The van der Waals surface area contributed by atoms with Crippen LogP contribution in [0.2, 0.25) is 0 Å². The Labute approximate surface area is 125 Å². The Kier molecular flexibility index (Phi) is 4.02. The summed E-state index contributed by atoms with van der Waals surface area (Å²) in [7, 11) is 0. The molecule has 0 aliphatic rings. The van der Waals surface area contributed by atoms with Crippen LogP contribution in [0.3, 0.4) is 0 Å². The Morgan fingerprint density at radius 3 is 2.81 bits per heavy atom. The minimum Gasteiger partial charge on any atom is -0.464 e. The minimum absolute atomic E-state index is 0.0616. The van der Waals surface area contributed by atoms with Gasteiger partial charge in [0, 0.05) is 11.6 Å². The molecule has 1 unspecified atom stereocenters. The Hall–Kier alpha value is -2.13. The van der Waals surface area contributed by atoms with Gasteiger partial charge in [-0.05, 0) is 49.7 Å². The van der Waals surface area contributed by atoms with Gasteiger partial charge in [0.1, 0.15) is 11.5 Å². The van der Waals surface area contributed by atoms with Crippen molar-refractivity contribution in [3.63, 3.8) is 0 Å². The quantitative estimate of drug-likeness (QED) is 0.760. The molecule has 2 heterocycles. The number of benzene rings is 1. The van der Waals surface area contributed by atoms with Crippen LogP contribution in [0, 0.1) is 6.92 Å². The number of aryl methyl sites for hydroxylation is 1. The Morgan fingerprint density at radius 1 is 1.14 bits per heavy atom. The van der Waals surface area contributed by atoms with E-state index in [0.717, 1.165) is 30.0 Å². The summed E-state index contributed by atoms with van der Waals surface area (Å²) in [5.74, 6) is 1.89. The maximum Gasteiger partial charge on any atom is 0.125 e. The molecule has 3 aromatic rings. The third-order valence-electron chi connectivity index (χ3n) is 3.63. The summed E-state index contributed by atoms with van der Waals surface area (Å²) in [6.45, 7) is 5.09. The van der Waals surface area contributed by atoms with Crippen LogP contribution in [0.4, 0.5) is 0 Å². The molecule has 0 saturated heterocycles. The molecule has 2 aromatic heterocycles. The number of fused-ring (bicyclic) bond motifs is 1. The molecule has 1 atom stereocenters. The predicted molar refractivity (Wildman–Crippen MR) is 85.3 cm³/mol. The molecule has 1 N–H and O–H groups in total. The number of rotatable bonds is 5. The largest absolute Gasteiger partial charge is 0.464 e. The van der Waals surface area contributed by atoms with Crippen LogP contribution in [-0.4, -0.2) is 11.5 Å². The van der Waals surface area contributed by atoms with Crippen LogP contribution in [0.25, 0.3) is 10.9 Å². The molecule has 0 bridgehead atoms. The third kappa shape index (κ3) is 2.83. The topological polar surface area (TPSA) is 38.1 Å². The highest BCUT2D eigenvalue weighted by atomic mass is 16.3. The molecule has 21 heavy (non-hydrogen) atoms. The molecule has 0 saturated carbocycles. The maximum atomic E-state index is 5.86. The molecular formula is C18H20N2O. The molecule has 0 aliphatic carbocycles. The predicted octanol–water partition coefficient (Wildman–Crippen LogP) is 4.23. The van der Waals surface area contributed by atoms with Crippen LogP contribution < -0.4 is 5.32 Å². The van der Waals surface area contributed by atoms with Gasteiger partial charge in [0.2, 0.25) is 0 Å². The van der Waals surface area contributed by atoms with E-state index in [1.807, 2.05) is 31.3 Å². The zero-order chi connectivity index (χ0) is 14.7. The summed E-state index contributed by atoms with van der Waals surface area (Å²) >= 11 is 0. The average molecular weight is 280 g/mol. The minimum atomic E-state index is 0.0616. The second-order valence-corrected chi connectivity index (χ2v) is 5.25. The van der Waals surface area contributed by atoms with Gasteiger partial charge in [0.25, 0.3) is 0 Å². The molecule has 0 radical (unpaired) electrons. The lowest BCUT2D eigenvalue weighted by Gasteiger charge is -2.18. The zero-order valence-electron chi connectivity index (χ0n) is 12.5.